The van der Waals surface area contributed by atoms with Crippen molar-refractivity contribution in [2.45, 2.75) is 32.7 Å². The van der Waals surface area contributed by atoms with Crippen LogP contribution in [0.3, 0.4) is 0 Å². The summed E-state index contributed by atoms with van der Waals surface area (Å²) in [5.74, 6) is 0.718. The van der Waals surface area contributed by atoms with Crippen molar-refractivity contribution in [2.24, 2.45) is 5.92 Å². The number of hydrogen-bond acceptors (Lipinski definition) is 3. The lowest BCUT2D eigenvalue weighted by Gasteiger charge is -2.36. The van der Waals surface area contributed by atoms with Crippen LogP contribution in [0.5, 0.6) is 0 Å². The summed E-state index contributed by atoms with van der Waals surface area (Å²) >= 11 is 0. The highest BCUT2D eigenvalue weighted by atomic mass is 15.3. The van der Waals surface area contributed by atoms with Gasteiger partial charge < -0.3 is 4.90 Å². The molecule has 2 aliphatic rings. The van der Waals surface area contributed by atoms with Gasteiger partial charge in [0.1, 0.15) is 0 Å². The Hall–Kier alpha value is -1.16. The second-order valence-electron chi connectivity index (χ2n) is 8.24. The highest BCUT2D eigenvalue weighted by Gasteiger charge is 2.29. The van der Waals surface area contributed by atoms with Gasteiger partial charge in [-0.3, -0.25) is 9.80 Å². The normalized spacial score (nSPS) is 24.3. The van der Waals surface area contributed by atoms with E-state index in [1.807, 2.05) is 0 Å². The predicted octanol–water partition coefficient (Wildman–Crippen LogP) is 3.44. The Morgan fingerprint density at radius 3 is 2.48 bits per heavy atom. The molecular weight excluding hydrogens is 306 g/mol. The van der Waals surface area contributed by atoms with E-state index in [1.165, 1.54) is 63.2 Å². The lowest BCUT2D eigenvalue weighted by molar-refractivity contribution is 0.114. The molecule has 2 heterocycles. The molecule has 0 saturated carbocycles. The highest BCUT2D eigenvalue weighted by Crippen LogP contribution is 2.23. The van der Waals surface area contributed by atoms with E-state index in [9.17, 15) is 0 Å². The van der Waals surface area contributed by atoms with Gasteiger partial charge in [-0.05, 0) is 36.9 Å². The number of rotatable bonds is 6. The molecule has 0 aromatic heterocycles. The Bertz CT molecular complexity index is 544. The molecule has 1 aromatic rings. The molecule has 0 radical (unpaired) electrons. The molecule has 3 rings (SSSR count). The van der Waals surface area contributed by atoms with Crippen LogP contribution in [0, 0.1) is 5.92 Å². The molecule has 2 fully saturated rings. The van der Waals surface area contributed by atoms with Crippen molar-refractivity contribution in [2.75, 3.05) is 52.9 Å². The molecule has 0 N–H and O–H groups in total. The van der Waals surface area contributed by atoms with Gasteiger partial charge in [0.25, 0.3) is 0 Å². The minimum Gasteiger partial charge on any atom is -0.304 e. The maximum Gasteiger partial charge on any atom is 0.0237 e. The topological polar surface area (TPSA) is 9.72 Å². The van der Waals surface area contributed by atoms with Gasteiger partial charge in [-0.1, -0.05) is 50.3 Å². The van der Waals surface area contributed by atoms with E-state index in [1.54, 1.807) is 0 Å². The average Bonchev–Trinajstić information content (AvgIpc) is 3.08. The fourth-order valence-electron chi connectivity index (χ4n) is 3.99. The summed E-state index contributed by atoms with van der Waals surface area (Å²) in [7, 11) is 2.24. The molecule has 0 amide bonds. The van der Waals surface area contributed by atoms with Crippen LogP contribution in [-0.2, 0) is 0 Å². The van der Waals surface area contributed by atoms with Crippen LogP contribution in [-0.4, -0.2) is 73.6 Å². The lowest BCUT2D eigenvalue weighted by Crippen LogP contribution is -2.49. The standard InChI is InChI=1S/C22H35N3/c1-19(2)9-10-21(20-7-5-4-6-8-20)17-24-12-11-22(18-24)25-15-13-23(3)14-16-25/h4-8,10,19,22H,9,11-18H2,1-3H3/b21-10+/t22-/m0/s1. The third-order valence-corrected chi connectivity index (χ3v) is 5.68. The number of benzene rings is 1. The largest absolute Gasteiger partial charge is 0.304 e. The summed E-state index contributed by atoms with van der Waals surface area (Å²) in [5, 5.41) is 0. The van der Waals surface area contributed by atoms with Crippen LogP contribution in [0.4, 0.5) is 0 Å². The van der Waals surface area contributed by atoms with Crippen molar-refractivity contribution in [3.05, 3.63) is 42.0 Å². The number of hydrogen-bond donors (Lipinski definition) is 0. The molecule has 1 atom stereocenters. The van der Waals surface area contributed by atoms with Crippen LogP contribution in [0.15, 0.2) is 36.4 Å². The maximum atomic E-state index is 2.72. The predicted molar refractivity (Wildman–Crippen MR) is 108 cm³/mol. The first kappa shape index (κ1) is 18.6. The molecular formula is C22H35N3. The molecule has 3 nitrogen and oxygen atoms in total. The summed E-state index contributed by atoms with van der Waals surface area (Å²) in [6, 6.07) is 11.7. The van der Waals surface area contributed by atoms with Crippen molar-refractivity contribution in [1.29, 1.82) is 0 Å². The van der Waals surface area contributed by atoms with Crippen LogP contribution in [0.1, 0.15) is 32.3 Å². The summed E-state index contributed by atoms with van der Waals surface area (Å²) in [4.78, 5) is 7.84. The molecule has 0 aliphatic carbocycles. The molecule has 2 saturated heterocycles. The molecule has 138 valence electrons. The van der Waals surface area contributed by atoms with Crippen LogP contribution in [0.2, 0.25) is 0 Å². The summed E-state index contributed by atoms with van der Waals surface area (Å²) in [6.45, 7) is 13.1. The number of allylic oxidation sites excluding steroid dienone is 1. The van der Waals surface area contributed by atoms with Crippen LogP contribution in [0.25, 0.3) is 5.57 Å². The van der Waals surface area contributed by atoms with E-state index in [-0.39, 0.29) is 0 Å². The number of likely N-dealkylation sites (tertiary alicyclic amines) is 1. The zero-order valence-corrected chi connectivity index (χ0v) is 16.3. The Kier molecular flexibility index (Phi) is 6.69. The maximum absolute atomic E-state index is 2.72. The van der Waals surface area contributed by atoms with Gasteiger partial charge in [-0.15, -0.1) is 0 Å². The second-order valence-corrected chi connectivity index (χ2v) is 8.24. The fourth-order valence-corrected chi connectivity index (χ4v) is 3.99. The first-order chi connectivity index (χ1) is 12.1. The molecule has 0 spiro atoms. The van der Waals surface area contributed by atoms with Gasteiger partial charge >= 0.3 is 0 Å². The van der Waals surface area contributed by atoms with Crippen molar-refractivity contribution >= 4 is 5.57 Å². The monoisotopic (exact) mass is 341 g/mol. The smallest absolute Gasteiger partial charge is 0.0237 e. The molecule has 1 aromatic carbocycles. The van der Waals surface area contributed by atoms with E-state index >= 15 is 0 Å². The van der Waals surface area contributed by atoms with Gasteiger partial charge in [0, 0.05) is 51.9 Å². The minimum absolute atomic E-state index is 0.718. The number of piperazine rings is 1. The van der Waals surface area contributed by atoms with Gasteiger partial charge in [-0.2, -0.15) is 0 Å². The Morgan fingerprint density at radius 2 is 1.80 bits per heavy atom. The van der Waals surface area contributed by atoms with Crippen molar-refractivity contribution in [3.63, 3.8) is 0 Å². The first-order valence-corrected chi connectivity index (χ1v) is 10.0. The van der Waals surface area contributed by atoms with Gasteiger partial charge in [-0.25, -0.2) is 0 Å². The Morgan fingerprint density at radius 1 is 1.08 bits per heavy atom. The van der Waals surface area contributed by atoms with Gasteiger partial charge in [0.15, 0.2) is 0 Å². The first-order valence-electron chi connectivity index (χ1n) is 10.0. The van der Waals surface area contributed by atoms with Crippen LogP contribution < -0.4 is 0 Å². The molecule has 0 unspecified atom stereocenters. The highest BCUT2D eigenvalue weighted by molar-refractivity contribution is 5.66. The fraction of sp³-hybridized carbons (Fsp3) is 0.636. The Balaban J connectivity index is 1.60. The summed E-state index contributed by atoms with van der Waals surface area (Å²) in [5.41, 5.74) is 2.90. The Labute approximate surface area is 154 Å². The van der Waals surface area contributed by atoms with E-state index < -0.39 is 0 Å². The van der Waals surface area contributed by atoms with Crippen molar-refractivity contribution in [1.82, 2.24) is 14.7 Å². The van der Waals surface area contributed by atoms with E-state index in [0.29, 0.717) is 0 Å². The molecule has 25 heavy (non-hydrogen) atoms. The van der Waals surface area contributed by atoms with E-state index in [2.05, 4.69) is 72.0 Å². The van der Waals surface area contributed by atoms with Crippen LogP contribution >= 0.6 is 0 Å². The molecule has 3 heteroatoms. The number of nitrogens with zero attached hydrogens (tertiary/aromatic N) is 3. The molecule has 2 aliphatic heterocycles. The van der Waals surface area contributed by atoms with Gasteiger partial charge in [0.2, 0.25) is 0 Å². The lowest BCUT2D eigenvalue weighted by atomic mass is 10.0. The third-order valence-electron chi connectivity index (χ3n) is 5.68. The van der Waals surface area contributed by atoms with E-state index in [0.717, 1.165) is 18.5 Å². The summed E-state index contributed by atoms with van der Waals surface area (Å²) in [6.07, 6.45) is 4.97. The van der Waals surface area contributed by atoms with Crippen molar-refractivity contribution < 1.29 is 0 Å². The second kappa shape index (κ2) is 8.98. The zero-order valence-electron chi connectivity index (χ0n) is 16.3. The SMILES string of the molecule is CC(C)C/C=C(\CN1CC[C@H](N2CCN(C)CC2)C1)c1ccccc1. The van der Waals surface area contributed by atoms with Gasteiger partial charge in [0.05, 0.1) is 0 Å². The summed E-state index contributed by atoms with van der Waals surface area (Å²) < 4.78 is 0. The molecule has 0 bridgehead atoms. The average molecular weight is 342 g/mol. The minimum atomic E-state index is 0.718. The zero-order chi connectivity index (χ0) is 17.6. The number of likely N-dealkylation sites (N-methyl/N-ethyl adjacent to an activating group) is 1. The quantitative estimate of drug-likeness (QED) is 0.785. The third kappa shape index (κ3) is 5.40. The van der Waals surface area contributed by atoms with Crippen molar-refractivity contribution in [3.8, 4) is 0 Å². The van der Waals surface area contributed by atoms with E-state index in [4.69, 9.17) is 0 Å².